The molecule has 8 heteroatoms. The highest BCUT2D eigenvalue weighted by Gasteiger charge is 2.50. The fourth-order valence-electron chi connectivity index (χ4n) is 4.07. The van der Waals surface area contributed by atoms with Crippen LogP contribution in [-0.2, 0) is 15.1 Å². The van der Waals surface area contributed by atoms with Crippen molar-refractivity contribution in [2.75, 3.05) is 13.6 Å². The van der Waals surface area contributed by atoms with E-state index >= 15 is 0 Å². The first-order valence-electron chi connectivity index (χ1n) is 9.60. The van der Waals surface area contributed by atoms with Crippen LogP contribution in [0, 0.1) is 22.7 Å². The lowest BCUT2D eigenvalue weighted by Crippen LogP contribution is -2.53. The Balaban J connectivity index is 1.80. The van der Waals surface area contributed by atoms with Crippen molar-refractivity contribution in [3.05, 3.63) is 35.4 Å². The van der Waals surface area contributed by atoms with Crippen LogP contribution in [0.3, 0.4) is 0 Å². The third kappa shape index (κ3) is 3.42. The van der Waals surface area contributed by atoms with Crippen LogP contribution >= 0.6 is 0 Å². The van der Waals surface area contributed by atoms with Crippen molar-refractivity contribution in [3.63, 3.8) is 0 Å². The molecule has 150 valence electrons. The van der Waals surface area contributed by atoms with Crippen molar-refractivity contribution < 1.29 is 14.4 Å². The van der Waals surface area contributed by atoms with Gasteiger partial charge in [0, 0.05) is 7.05 Å². The third-order valence-electron chi connectivity index (χ3n) is 6.04. The molecular formula is C21H23N5O3. The lowest BCUT2D eigenvalue weighted by molar-refractivity contribution is -0.141. The average molecular weight is 393 g/mol. The molecule has 0 spiro atoms. The molecule has 1 saturated carbocycles. The lowest BCUT2D eigenvalue weighted by atomic mass is 9.81. The topological polar surface area (TPSA) is 117 Å². The highest BCUT2D eigenvalue weighted by Crippen LogP contribution is 2.33. The number of likely N-dealkylation sites (N-methyl/N-ethyl adjacent to an activating group) is 1. The summed E-state index contributed by atoms with van der Waals surface area (Å²) in [5, 5.41) is 21.4. The highest BCUT2D eigenvalue weighted by molar-refractivity contribution is 6.09. The quantitative estimate of drug-likeness (QED) is 0.785. The molecule has 3 rings (SSSR count). The number of nitrogens with one attached hydrogen (secondary N) is 1. The fourth-order valence-corrected chi connectivity index (χ4v) is 4.07. The first-order chi connectivity index (χ1) is 13.8. The van der Waals surface area contributed by atoms with Crippen LogP contribution in [0.2, 0.25) is 0 Å². The average Bonchev–Trinajstić information content (AvgIpc) is 2.97. The number of carbonyl (C=O) groups is 3. The summed E-state index contributed by atoms with van der Waals surface area (Å²) in [4.78, 5) is 40.7. The molecule has 1 unspecified atom stereocenters. The molecule has 1 aliphatic heterocycles. The first kappa shape index (κ1) is 20.3. The van der Waals surface area contributed by atoms with E-state index in [0.717, 1.165) is 24.2 Å². The van der Waals surface area contributed by atoms with Gasteiger partial charge in [-0.25, -0.2) is 4.79 Å². The molecule has 1 saturated heterocycles. The summed E-state index contributed by atoms with van der Waals surface area (Å²) in [6.45, 7) is 1.12. The van der Waals surface area contributed by atoms with Gasteiger partial charge < -0.3 is 10.2 Å². The smallest absolute Gasteiger partial charge is 0.325 e. The molecule has 1 atom stereocenters. The van der Waals surface area contributed by atoms with E-state index in [2.05, 4.69) is 11.4 Å². The molecule has 1 aliphatic carbocycles. The Labute approximate surface area is 169 Å². The molecule has 2 fully saturated rings. The van der Waals surface area contributed by atoms with Gasteiger partial charge in [-0.3, -0.25) is 14.5 Å². The zero-order valence-corrected chi connectivity index (χ0v) is 16.6. The van der Waals surface area contributed by atoms with Crippen molar-refractivity contribution >= 4 is 17.8 Å². The fraction of sp³-hybridized carbons (Fsp3) is 0.476. The van der Waals surface area contributed by atoms with E-state index < -0.39 is 35.5 Å². The Morgan fingerprint density at radius 1 is 1.24 bits per heavy atom. The number of nitrogens with zero attached hydrogens (tertiary/aromatic N) is 4. The van der Waals surface area contributed by atoms with E-state index in [1.165, 1.54) is 4.90 Å². The normalized spacial score (nSPS) is 23.1. The predicted molar refractivity (Wildman–Crippen MR) is 103 cm³/mol. The molecule has 1 N–H and O–H groups in total. The summed E-state index contributed by atoms with van der Waals surface area (Å²) in [6, 6.07) is 10.1. The van der Waals surface area contributed by atoms with Crippen LogP contribution in [-0.4, -0.2) is 46.8 Å². The maximum atomic E-state index is 13.0. The minimum Gasteiger partial charge on any atom is -0.325 e. The van der Waals surface area contributed by atoms with Crippen molar-refractivity contribution in [3.8, 4) is 12.1 Å². The second-order valence-corrected chi connectivity index (χ2v) is 7.80. The van der Waals surface area contributed by atoms with Gasteiger partial charge in [0.1, 0.15) is 17.6 Å². The van der Waals surface area contributed by atoms with E-state index in [0.29, 0.717) is 24.0 Å². The number of hydrogen-bond donors (Lipinski definition) is 1. The van der Waals surface area contributed by atoms with Gasteiger partial charge in [0.15, 0.2) is 0 Å². The number of imide groups is 1. The van der Waals surface area contributed by atoms with Crippen molar-refractivity contribution in [2.24, 2.45) is 0 Å². The Hall–Kier alpha value is -3.39. The Morgan fingerprint density at radius 3 is 2.55 bits per heavy atom. The minimum atomic E-state index is -1.36. The summed E-state index contributed by atoms with van der Waals surface area (Å²) in [5.41, 5.74) is -1.41. The molecule has 2 aliphatic rings. The predicted octanol–water partition coefficient (Wildman–Crippen LogP) is 2.01. The molecule has 1 aromatic rings. The third-order valence-corrected chi connectivity index (χ3v) is 6.04. The summed E-state index contributed by atoms with van der Waals surface area (Å²) in [6.07, 6.45) is 3.93. The largest absolute Gasteiger partial charge is 0.325 e. The first-order valence-corrected chi connectivity index (χ1v) is 9.60. The van der Waals surface area contributed by atoms with Crippen LogP contribution < -0.4 is 5.32 Å². The zero-order valence-electron chi connectivity index (χ0n) is 16.6. The molecular weight excluding hydrogens is 370 g/mol. The monoisotopic (exact) mass is 393 g/mol. The Bertz CT molecular complexity index is 938. The standard InChI is InChI=1S/C21H23N5O3/c1-20(16-8-6-7-15(11-16)12-22)18(28)26(19(29)24-20)13-17(27)25(2)21(14-23)9-4-3-5-10-21/h6-8,11H,3-5,9-10,13H2,1-2H3,(H,24,29). The Kier molecular flexibility index (Phi) is 5.30. The number of benzene rings is 1. The van der Waals surface area contributed by atoms with E-state index in [-0.39, 0.29) is 0 Å². The summed E-state index contributed by atoms with van der Waals surface area (Å²) < 4.78 is 0. The lowest BCUT2D eigenvalue weighted by Gasteiger charge is -2.39. The molecule has 0 aromatic heterocycles. The molecule has 0 bridgehead atoms. The maximum absolute atomic E-state index is 13.0. The molecule has 0 radical (unpaired) electrons. The van der Waals surface area contributed by atoms with Crippen LogP contribution in [0.15, 0.2) is 24.3 Å². The molecule has 4 amide bonds. The van der Waals surface area contributed by atoms with E-state index in [4.69, 9.17) is 5.26 Å². The van der Waals surface area contributed by atoms with Gasteiger partial charge in [-0.15, -0.1) is 0 Å². The van der Waals surface area contributed by atoms with Gasteiger partial charge in [-0.2, -0.15) is 10.5 Å². The van der Waals surface area contributed by atoms with E-state index in [9.17, 15) is 19.6 Å². The molecule has 1 heterocycles. The minimum absolute atomic E-state index is 0.369. The zero-order chi connectivity index (χ0) is 21.2. The van der Waals surface area contributed by atoms with Gasteiger partial charge in [0.25, 0.3) is 5.91 Å². The summed E-state index contributed by atoms with van der Waals surface area (Å²) in [7, 11) is 1.56. The van der Waals surface area contributed by atoms with Crippen molar-refractivity contribution in [2.45, 2.75) is 50.1 Å². The summed E-state index contributed by atoms with van der Waals surface area (Å²) >= 11 is 0. The molecule has 1 aromatic carbocycles. The Morgan fingerprint density at radius 2 is 1.93 bits per heavy atom. The number of amides is 4. The van der Waals surface area contributed by atoms with Crippen molar-refractivity contribution in [1.29, 1.82) is 10.5 Å². The van der Waals surface area contributed by atoms with Gasteiger partial charge in [0.05, 0.1) is 17.7 Å². The van der Waals surface area contributed by atoms with Crippen LogP contribution in [0.25, 0.3) is 0 Å². The number of nitriles is 2. The highest BCUT2D eigenvalue weighted by atomic mass is 16.2. The van der Waals surface area contributed by atoms with Gasteiger partial charge >= 0.3 is 6.03 Å². The summed E-state index contributed by atoms with van der Waals surface area (Å²) in [5.74, 6) is -1.01. The van der Waals surface area contributed by atoms with Crippen LogP contribution in [0.4, 0.5) is 4.79 Å². The second-order valence-electron chi connectivity index (χ2n) is 7.80. The number of hydrogen-bond acceptors (Lipinski definition) is 5. The van der Waals surface area contributed by atoms with E-state index in [1.807, 2.05) is 6.07 Å². The molecule has 29 heavy (non-hydrogen) atoms. The number of carbonyl (C=O) groups excluding carboxylic acids is 3. The number of urea groups is 1. The van der Waals surface area contributed by atoms with Crippen molar-refractivity contribution in [1.82, 2.24) is 15.1 Å². The van der Waals surface area contributed by atoms with Crippen LogP contribution in [0.1, 0.15) is 50.2 Å². The van der Waals surface area contributed by atoms with Gasteiger partial charge in [-0.1, -0.05) is 31.4 Å². The maximum Gasteiger partial charge on any atom is 0.325 e. The van der Waals surface area contributed by atoms with Crippen LogP contribution in [0.5, 0.6) is 0 Å². The van der Waals surface area contributed by atoms with Gasteiger partial charge in [0.2, 0.25) is 5.91 Å². The second kappa shape index (κ2) is 7.56. The van der Waals surface area contributed by atoms with Gasteiger partial charge in [-0.05, 0) is 37.5 Å². The number of rotatable bonds is 4. The SMILES string of the molecule is CN(C(=O)CN1C(=O)NC(C)(c2cccc(C#N)c2)C1=O)C1(C#N)CCCCC1. The van der Waals surface area contributed by atoms with E-state index in [1.54, 1.807) is 38.2 Å². The molecule has 8 nitrogen and oxygen atoms in total.